The van der Waals surface area contributed by atoms with Crippen LogP contribution in [0.1, 0.15) is 5.56 Å². The van der Waals surface area contributed by atoms with Crippen molar-refractivity contribution in [2.75, 3.05) is 36.8 Å². The Morgan fingerprint density at radius 2 is 1.90 bits per heavy atom. The molecule has 0 spiro atoms. The number of carbonyl (C=O) groups is 1. The Morgan fingerprint density at radius 3 is 2.50 bits per heavy atom. The molecule has 1 aromatic carbocycles. The van der Waals surface area contributed by atoms with Gasteiger partial charge in [0.2, 0.25) is 10.0 Å². The smallest absolute Gasteiger partial charge is 0.405 e. The van der Waals surface area contributed by atoms with Crippen LogP contribution in [0.3, 0.4) is 0 Å². The van der Waals surface area contributed by atoms with Gasteiger partial charge in [0.15, 0.2) is 0 Å². The summed E-state index contributed by atoms with van der Waals surface area (Å²) in [4.78, 5) is 17.0. The normalized spacial score (nSPS) is 15.7. The SMILES string of the molecule is O=C(O)NC(C#Cc1cccnc1)CS(=O)(=O)N1CCN(c2ccc(F)cc2)CC1. The van der Waals surface area contributed by atoms with Crippen LogP contribution in [0, 0.1) is 17.7 Å². The van der Waals surface area contributed by atoms with Crippen LogP contribution in [-0.4, -0.2) is 66.9 Å². The number of anilines is 1. The standard InChI is InChI=1S/C20H21FN4O4S/c21-17-4-7-19(8-5-17)24-10-12-25(13-11-24)30(28,29)15-18(23-20(26)27)6-3-16-2-1-9-22-14-16/h1-2,4-5,7-9,14,18,23H,10-13,15H2,(H,26,27). The number of amides is 1. The predicted molar refractivity (Wildman–Crippen MR) is 110 cm³/mol. The van der Waals surface area contributed by atoms with E-state index in [2.05, 4.69) is 22.1 Å². The Hall–Kier alpha value is -3.16. The first-order valence-corrected chi connectivity index (χ1v) is 10.8. The van der Waals surface area contributed by atoms with Crippen molar-refractivity contribution in [1.29, 1.82) is 0 Å². The maximum Gasteiger partial charge on any atom is 0.405 e. The zero-order valence-corrected chi connectivity index (χ0v) is 16.8. The molecule has 0 saturated carbocycles. The van der Waals surface area contributed by atoms with E-state index in [0.717, 1.165) is 5.69 Å². The van der Waals surface area contributed by atoms with Crippen molar-refractivity contribution in [2.24, 2.45) is 0 Å². The number of hydrogen-bond acceptors (Lipinski definition) is 5. The number of hydrogen-bond donors (Lipinski definition) is 2. The van der Waals surface area contributed by atoms with Crippen LogP contribution in [0.4, 0.5) is 14.9 Å². The van der Waals surface area contributed by atoms with Crippen LogP contribution in [0.15, 0.2) is 48.8 Å². The van der Waals surface area contributed by atoms with Crippen LogP contribution in [0.25, 0.3) is 0 Å². The highest BCUT2D eigenvalue weighted by Gasteiger charge is 2.29. The molecule has 0 aliphatic carbocycles. The Labute approximate surface area is 174 Å². The average Bonchev–Trinajstić information content (AvgIpc) is 2.73. The molecular formula is C20H21FN4O4S. The third kappa shape index (κ3) is 5.92. The number of halogens is 1. The van der Waals surface area contributed by atoms with Gasteiger partial charge in [-0.25, -0.2) is 17.6 Å². The number of benzene rings is 1. The minimum Gasteiger partial charge on any atom is -0.465 e. The Bertz CT molecular complexity index is 1030. The number of piperazine rings is 1. The largest absolute Gasteiger partial charge is 0.465 e. The highest BCUT2D eigenvalue weighted by atomic mass is 32.2. The summed E-state index contributed by atoms with van der Waals surface area (Å²) in [6, 6.07) is 8.33. The summed E-state index contributed by atoms with van der Waals surface area (Å²) in [5.74, 6) is 4.62. The molecule has 2 N–H and O–H groups in total. The molecule has 10 heteroatoms. The minimum absolute atomic E-state index is 0.246. The number of nitrogens with one attached hydrogen (secondary N) is 1. The van der Waals surface area contributed by atoms with E-state index in [1.165, 1.54) is 22.6 Å². The van der Waals surface area contributed by atoms with E-state index in [9.17, 15) is 17.6 Å². The van der Waals surface area contributed by atoms with E-state index in [1.807, 2.05) is 4.90 Å². The molecule has 1 aliphatic rings. The van der Waals surface area contributed by atoms with Gasteiger partial charge < -0.3 is 15.3 Å². The fourth-order valence-electron chi connectivity index (χ4n) is 3.07. The molecule has 1 fully saturated rings. The fraction of sp³-hybridized carbons (Fsp3) is 0.300. The van der Waals surface area contributed by atoms with Crippen molar-refractivity contribution >= 4 is 21.8 Å². The van der Waals surface area contributed by atoms with Gasteiger partial charge in [0.25, 0.3) is 0 Å². The molecule has 30 heavy (non-hydrogen) atoms. The number of aromatic nitrogens is 1. The van der Waals surface area contributed by atoms with Crippen LogP contribution >= 0.6 is 0 Å². The van der Waals surface area contributed by atoms with Crippen molar-refractivity contribution in [2.45, 2.75) is 6.04 Å². The highest BCUT2D eigenvalue weighted by Crippen LogP contribution is 2.18. The molecule has 1 atom stereocenters. The summed E-state index contributed by atoms with van der Waals surface area (Å²) in [7, 11) is -3.74. The van der Waals surface area contributed by atoms with E-state index < -0.39 is 27.9 Å². The summed E-state index contributed by atoms with van der Waals surface area (Å²) in [5, 5.41) is 11.2. The molecule has 1 amide bonds. The molecule has 1 saturated heterocycles. The predicted octanol–water partition coefficient (Wildman–Crippen LogP) is 1.36. The van der Waals surface area contributed by atoms with Gasteiger partial charge in [-0.1, -0.05) is 11.8 Å². The number of carboxylic acid groups (broad SMARTS) is 1. The lowest BCUT2D eigenvalue weighted by Gasteiger charge is -2.35. The van der Waals surface area contributed by atoms with Gasteiger partial charge in [-0.3, -0.25) is 4.98 Å². The number of nitrogens with zero attached hydrogens (tertiary/aromatic N) is 3. The minimum atomic E-state index is -3.74. The summed E-state index contributed by atoms with van der Waals surface area (Å²) < 4.78 is 40.1. The Kier molecular flexibility index (Phi) is 6.87. The third-order valence-electron chi connectivity index (χ3n) is 4.55. The molecular weight excluding hydrogens is 411 g/mol. The second-order valence-electron chi connectivity index (χ2n) is 6.65. The van der Waals surface area contributed by atoms with Crippen LogP contribution < -0.4 is 10.2 Å². The molecule has 1 aromatic heterocycles. The van der Waals surface area contributed by atoms with Gasteiger partial charge in [-0.05, 0) is 36.4 Å². The zero-order valence-electron chi connectivity index (χ0n) is 16.0. The maximum atomic E-state index is 13.1. The van der Waals surface area contributed by atoms with E-state index >= 15 is 0 Å². The zero-order chi connectivity index (χ0) is 21.6. The van der Waals surface area contributed by atoms with E-state index in [1.54, 1.807) is 30.5 Å². The number of pyridine rings is 1. The monoisotopic (exact) mass is 432 g/mol. The van der Waals surface area contributed by atoms with Gasteiger partial charge in [-0.15, -0.1) is 0 Å². The fourth-order valence-corrected chi connectivity index (χ4v) is 4.59. The third-order valence-corrected chi connectivity index (χ3v) is 6.46. The van der Waals surface area contributed by atoms with Crippen molar-refractivity contribution in [3.63, 3.8) is 0 Å². The highest BCUT2D eigenvalue weighted by molar-refractivity contribution is 7.89. The van der Waals surface area contributed by atoms with Crippen LogP contribution in [0.2, 0.25) is 0 Å². The molecule has 0 bridgehead atoms. The van der Waals surface area contributed by atoms with E-state index in [4.69, 9.17) is 5.11 Å². The molecule has 2 aromatic rings. The molecule has 0 radical (unpaired) electrons. The molecule has 8 nitrogen and oxygen atoms in total. The molecule has 158 valence electrons. The Morgan fingerprint density at radius 1 is 1.20 bits per heavy atom. The van der Waals surface area contributed by atoms with Gasteiger partial charge >= 0.3 is 6.09 Å². The van der Waals surface area contributed by atoms with Crippen molar-refractivity contribution in [3.05, 3.63) is 60.2 Å². The van der Waals surface area contributed by atoms with Gasteiger partial charge in [0.05, 0.1) is 5.75 Å². The quantitative estimate of drug-likeness (QED) is 0.692. The molecule has 3 rings (SSSR count). The molecule has 2 heterocycles. The van der Waals surface area contributed by atoms with E-state index in [0.29, 0.717) is 18.7 Å². The van der Waals surface area contributed by atoms with Gasteiger partial charge in [0, 0.05) is 49.8 Å². The first kappa shape index (κ1) is 21.5. The summed E-state index contributed by atoms with van der Waals surface area (Å²) in [6.07, 6.45) is 1.74. The maximum absolute atomic E-state index is 13.1. The topological polar surface area (TPSA) is 103 Å². The lowest BCUT2D eigenvalue weighted by molar-refractivity contribution is 0.193. The second kappa shape index (κ2) is 9.56. The average molecular weight is 432 g/mol. The van der Waals surface area contributed by atoms with E-state index in [-0.39, 0.29) is 18.9 Å². The lowest BCUT2D eigenvalue weighted by atomic mass is 10.2. The molecule has 1 aliphatic heterocycles. The van der Waals surface area contributed by atoms with Crippen molar-refractivity contribution in [3.8, 4) is 11.8 Å². The van der Waals surface area contributed by atoms with Crippen LogP contribution in [0.5, 0.6) is 0 Å². The number of rotatable bonds is 5. The van der Waals surface area contributed by atoms with Crippen molar-refractivity contribution < 1.29 is 22.7 Å². The van der Waals surface area contributed by atoms with Crippen molar-refractivity contribution in [1.82, 2.24) is 14.6 Å². The molecule has 1 unspecified atom stereocenters. The summed E-state index contributed by atoms with van der Waals surface area (Å²) in [5.41, 5.74) is 1.38. The summed E-state index contributed by atoms with van der Waals surface area (Å²) >= 11 is 0. The summed E-state index contributed by atoms with van der Waals surface area (Å²) in [6.45, 7) is 1.39. The Balaban J connectivity index is 1.65. The first-order chi connectivity index (χ1) is 14.3. The van der Waals surface area contributed by atoms with Gasteiger partial charge in [0.1, 0.15) is 11.9 Å². The second-order valence-corrected chi connectivity index (χ2v) is 8.67. The lowest BCUT2D eigenvalue weighted by Crippen LogP contribution is -2.51. The first-order valence-electron chi connectivity index (χ1n) is 9.23. The number of sulfonamides is 1. The van der Waals surface area contributed by atoms with Gasteiger partial charge in [-0.2, -0.15) is 4.31 Å². The van der Waals surface area contributed by atoms with Crippen LogP contribution in [-0.2, 0) is 10.0 Å².